The minimum absolute atomic E-state index is 0.0256. The van der Waals surface area contributed by atoms with E-state index < -0.39 is 23.8 Å². The average Bonchev–Trinajstić information content (AvgIpc) is 3.20. The Bertz CT molecular complexity index is 1030. The fraction of sp³-hybridized carbons (Fsp3) is 0.455. The van der Waals surface area contributed by atoms with E-state index in [2.05, 4.69) is 21.0 Å². The fourth-order valence-electron chi connectivity index (χ4n) is 3.36. The molecule has 1 aromatic carbocycles. The lowest BCUT2D eigenvalue weighted by Crippen LogP contribution is -2.43. The van der Waals surface area contributed by atoms with Crippen LogP contribution in [0.1, 0.15) is 47.5 Å². The molecule has 1 saturated heterocycles. The lowest BCUT2D eigenvalue weighted by molar-refractivity contribution is -0.150. The van der Waals surface area contributed by atoms with E-state index in [1.165, 1.54) is 23.0 Å². The summed E-state index contributed by atoms with van der Waals surface area (Å²) in [5, 5.41) is 13.4. The van der Waals surface area contributed by atoms with Crippen LogP contribution in [-0.4, -0.2) is 52.7 Å². The Hall–Kier alpha value is -2.66. The Morgan fingerprint density at radius 1 is 1.21 bits per heavy atom. The van der Waals surface area contributed by atoms with Crippen molar-refractivity contribution < 1.29 is 19.1 Å². The van der Waals surface area contributed by atoms with E-state index in [1.54, 1.807) is 19.9 Å². The van der Waals surface area contributed by atoms with Gasteiger partial charge in [0.1, 0.15) is 6.04 Å². The van der Waals surface area contributed by atoms with Gasteiger partial charge < -0.3 is 26.4 Å². The van der Waals surface area contributed by atoms with Crippen molar-refractivity contribution >= 4 is 46.7 Å². The van der Waals surface area contributed by atoms with Crippen molar-refractivity contribution in [1.82, 2.24) is 20.4 Å². The van der Waals surface area contributed by atoms with Crippen LogP contribution in [-0.2, 0) is 16.3 Å². The van der Waals surface area contributed by atoms with E-state index in [-0.39, 0.29) is 45.7 Å². The van der Waals surface area contributed by atoms with Gasteiger partial charge in [-0.05, 0) is 44.0 Å². The third kappa shape index (κ3) is 6.47. The number of rotatable bonds is 8. The van der Waals surface area contributed by atoms with Crippen LogP contribution in [0, 0.1) is 5.92 Å². The van der Waals surface area contributed by atoms with E-state index in [0.717, 1.165) is 25.9 Å². The van der Waals surface area contributed by atoms with Crippen molar-refractivity contribution in [2.24, 2.45) is 11.7 Å². The molecular formula is C22H28Cl2N6O4. The Labute approximate surface area is 207 Å². The van der Waals surface area contributed by atoms with Crippen LogP contribution in [0.25, 0.3) is 0 Å². The van der Waals surface area contributed by atoms with Gasteiger partial charge in [-0.15, -0.1) is 0 Å². The largest absolute Gasteiger partial charge is 0.441 e. The quantitative estimate of drug-likeness (QED) is 0.399. The molecule has 34 heavy (non-hydrogen) atoms. The van der Waals surface area contributed by atoms with Crippen molar-refractivity contribution in [2.45, 2.75) is 45.5 Å². The predicted molar refractivity (Wildman–Crippen MR) is 129 cm³/mol. The third-order valence-electron chi connectivity index (χ3n) is 5.42. The number of nitrogens with two attached hydrogens (primary N) is 1. The number of halogens is 2. The molecule has 12 heteroatoms. The van der Waals surface area contributed by atoms with Crippen LogP contribution in [0.15, 0.2) is 24.4 Å². The summed E-state index contributed by atoms with van der Waals surface area (Å²) in [7, 11) is 0. The second kappa shape index (κ2) is 11.7. The molecule has 0 aliphatic carbocycles. The van der Waals surface area contributed by atoms with E-state index >= 15 is 0 Å². The molecule has 1 atom stereocenters. The number of hydrogen-bond donors (Lipinski definition) is 4. The number of piperidine rings is 1. The van der Waals surface area contributed by atoms with Gasteiger partial charge in [0.05, 0.1) is 27.5 Å². The first kappa shape index (κ1) is 26.0. The molecule has 0 spiro atoms. The number of nitrogens with zero attached hydrogens (tertiary/aromatic N) is 2. The summed E-state index contributed by atoms with van der Waals surface area (Å²) in [6, 6.07) is 3.87. The van der Waals surface area contributed by atoms with Gasteiger partial charge in [0.25, 0.3) is 11.8 Å². The summed E-state index contributed by atoms with van der Waals surface area (Å²) in [6.07, 6.45) is 2.94. The topological polar surface area (TPSA) is 140 Å². The van der Waals surface area contributed by atoms with E-state index in [0.29, 0.717) is 0 Å². The monoisotopic (exact) mass is 510 g/mol. The van der Waals surface area contributed by atoms with Gasteiger partial charge in [0.2, 0.25) is 0 Å². The van der Waals surface area contributed by atoms with Crippen LogP contribution in [0.3, 0.4) is 0 Å². The molecule has 2 heterocycles. The number of hydrogen-bond acceptors (Lipinski definition) is 7. The minimum atomic E-state index is -0.792. The first-order chi connectivity index (χ1) is 16.2. The van der Waals surface area contributed by atoms with Gasteiger partial charge in [-0.2, -0.15) is 5.10 Å². The highest BCUT2D eigenvalue weighted by atomic mass is 35.5. The summed E-state index contributed by atoms with van der Waals surface area (Å²) < 4.78 is 6.46. The number of carbonyl (C=O) groups is 3. The van der Waals surface area contributed by atoms with Crippen molar-refractivity contribution in [1.29, 1.82) is 0 Å². The molecule has 10 nitrogen and oxygen atoms in total. The standard InChI is InChI=1S/C22H28Cl2N6O4/c1-12(2)18(25)22(33)34-11-30-10-16(28-20(31)17-14(23)4-3-5-15(17)24)19(29-30)21(32)27-13-6-8-26-9-7-13/h3-5,10,12-13,18,26H,6-9,11,25H2,1-2H3,(H,27,32)(H,28,31)/t18-/m0/s1. The number of nitrogens with one attached hydrogen (secondary N) is 3. The first-order valence-electron chi connectivity index (χ1n) is 10.9. The summed E-state index contributed by atoms with van der Waals surface area (Å²) >= 11 is 12.3. The summed E-state index contributed by atoms with van der Waals surface area (Å²) in [4.78, 5) is 38.0. The zero-order chi connectivity index (χ0) is 24.8. The molecule has 1 aromatic heterocycles. The maximum Gasteiger partial charge on any atom is 0.324 e. The van der Waals surface area contributed by atoms with Gasteiger partial charge in [-0.1, -0.05) is 43.1 Å². The van der Waals surface area contributed by atoms with Crippen LogP contribution in [0.4, 0.5) is 5.69 Å². The Morgan fingerprint density at radius 3 is 2.47 bits per heavy atom. The van der Waals surface area contributed by atoms with E-state index in [1.807, 2.05) is 0 Å². The molecule has 3 rings (SSSR count). The molecule has 0 saturated carbocycles. The first-order valence-corrected chi connectivity index (χ1v) is 11.7. The normalized spacial score (nSPS) is 15.1. The van der Waals surface area contributed by atoms with Gasteiger partial charge in [0, 0.05) is 6.04 Å². The molecule has 2 aromatic rings. The van der Waals surface area contributed by atoms with Crippen molar-refractivity contribution in [3.63, 3.8) is 0 Å². The molecule has 5 N–H and O–H groups in total. The number of benzene rings is 1. The van der Waals surface area contributed by atoms with Gasteiger partial charge in [0.15, 0.2) is 12.4 Å². The number of carbonyl (C=O) groups excluding carboxylic acids is 3. The predicted octanol–water partition coefficient (Wildman–Crippen LogP) is 2.41. The van der Waals surface area contributed by atoms with E-state index in [9.17, 15) is 14.4 Å². The molecule has 0 unspecified atom stereocenters. The third-order valence-corrected chi connectivity index (χ3v) is 6.05. The Balaban J connectivity index is 1.82. The summed E-state index contributed by atoms with van der Waals surface area (Å²) in [5.74, 6) is -1.77. The van der Waals surface area contributed by atoms with Gasteiger partial charge in [-0.3, -0.25) is 14.4 Å². The van der Waals surface area contributed by atoms with Crippen LogP contribution < -0.4 is 21.7 Å². The maximum absolute atomic E-state index is 13.0. The zero-order valence-corrected chi connectivity index (χ0v) is 20.4. The van der Waals surface area contributed by atoms with Gasteiger partial charge >= 0.3 is 5.97 Å². The summed E-state index contributed by atoms with van der Waals surface area (Å²) in [6.45, 7) is 4.91. The number of ether oxygens (including phenoxy) is 1. The average molecular weight is 511 g/mol. The fourth-order valence-corrected chi connectivity index (χ4v) is 3.93. The Morgan fingerprint density at radius 2 is 1.85 bits per heavy atom. The number of anilines is 1. The molecule has 0 bridgehead atoms. The highest BCUT2D eigenvalue weighted by Gasteiger charge is 2.25. The zero-order valence-electron chi connectivity index (χ0n) is 18.9. The number of amides is 2. The van der Waals surface area contributed by atoms with Crippen molar-refractivity contribution in [3.05, 3.63) is 45.7 Å². The SMILES string of the molecule is CC(C)[C@H](N)C(=O)OCn1cc(NC(=O)c2c(Cl)cccc2Cl)c(C(=O)NC2CCNCC2)n1. The van der Waals surface area contributed by atoms with E-state index in [4.69, 9.17) is 33.7 Å². The minimum Gasteiger partial charge on any atom is -0.441 e. The molecule has 0 radical (unpaired) electrons. The highest BCUT2D eigenvalue weighted by molar-refractivity contribution is 6.40. The highest BCUT2D eigenvalue weighted by Crippen LogP contribution is 2.26. The second-order valence-electron chi connectivity index (χ2n) is 8.34. The molecular weight excluding hydrogens is 483 g/mol. The van der Waals surface area contributed by atoms with Crippen LogP contribution in [0.2, 0.25) is 10.0 Å². The molecule has 2 amide bonds. The second-order valence-corrected chi connectivity index (χ2v) is 9.16. The molecule has 1 aliphatic heterocycles. The lowest BCUT2D eigenvalue weighted by atomic mass is 10.1. The van der Waals surface area contributed by atoms with Crippen LogP contribution in [0.5, 0.6) is 0 Å². The van der Waals surface area contributed by atoms with Crippen molar-refractivity contribution in [3.8, 4) is 0 Å². The van der Waals surface area contributed by atoms with Crippen LogP contribution >= 0.6 is 23.2 Å². The van der Waals surface area contributed by atoms with Gasteiger partial charge in [-0.25, -0.2) is 4.68 Å². The van der Waals surface area contributed by atoms with Crippen molar-refractivity contribution in [2.75, 3.05) is 18.4 Å². The molecule has 1 aliphatic rings. The maximum atomic E-state index is 13.0. The molecule has 1 fully saturated rings. The summed E-state index contributed by atoms with van der Waals surface area (Å²) in [5.41, 5.74) is 5.98. The lowest BCUT2D eigenvalue weighted by Gasteiger charge is -2.23. The molecule has 184 valence electrons. The number of esters is 1. The smallest absolute Gasteiger partial charge is 0.324 e. The number of aromatic nitrogens is 2. The Kier molecular flexibility index (Phi) is 8.90.